The second kappa shape index (κ2) is 4.94. The van der Waals surface area contributed by atoms with E-state index < -0.39 is 0 Å². The van der Waals surface area contributed by atoms with E-state index in [1.807, 2.05) is 0 Å². The van der Waals surface area contributed by atoms with Gasteiger partial charge in [-0.3, -0.25) is 0 Å². The number of benzene rings is 1. The maximum atomic E-state index is 13.2. The molecule has 2 rings (SSSR count). The summed E-state index contributed by atoms with van der Waals surface area (Å²) in [6, 6.07) is 12.2. The molecule has 0 amide bonds. The maximum Gasteiger partial charge on any atom is 0.214 e. The smallest absolute Gasteiger partial charge is 0.214 e. The zero-order valence-electron chi connectivity index (χ0n) is 8.28. The molecule has 0 aliphatic heterocycles. The van der Waals surface area contributed by atoms with Gasteiger partial charge in [0.1, 0.15) is 17.6 Å². The molecule has 4 heteroatoms. The zero-order chi connectivity index (χ0) is 11.4. The van der Waals surface area contributed by atoms with Gasteiger partial charge in [-0.05, 0) is 18.2 Å². The van der Waals surface area contributed by atoms with Crippen LogP contribution in [0.3, 0.4) is 0 Å². The van der Waals surface area contributed by atoms with Crippen LogP contribution in [-0.2, 0) is 6.61 Å². The minimum Gasteiger partial charge on any atom is -0.473 e. The first-order valence-electron chi connectivity index (χ1n) is 4.65. The maximum absolute atomic E-state index is 13.2. The number of rotatable bonds is 3. The molecule has 0 saturated carbocycles. The van der Waals surface area contributed by atoms with Gasteiger partial charge in [-0.25, -0.2) is 9.37 Å². The summed E-state index contributed by atoms with van der Waals surface area (Å²) in [6.45, 7) is 0.119. The van der Waals surface area contributed by atoms with Crippen molar-refractivity contribution in [2.24, 2.45) is 0 Å². The van der Waals surface area contributed by atoms with Crippen molar-refractivity contribution in [3.8, 4) is 5.88 Å². The molecule has 2 aromatic rings. The summed E-state index contributed by atoms with van der Waals surface area (Å²) in [5, 5.41) is 0.347. The molecule has 0 atom stereocenters. The SMILES string of the molecule is Fc1c[c]ccc1COc1cccc(Cl)n1. The molecule has 0 saturated heterocycles. The first-order valence-corrected chi connectivity index (χ1v) is 5.03. The van der Waals surface area contributed by atoms with Gasteiger partial charge in [0.2, 0.25) is 5.88 Å². The molecule has 0 N–H and O–H groups in total. The molecule has 0 spiro atoms. The molecule has 1 radical (unpaired) electrons. The predicted molar refractivity (Wildman–Crippen MR) is 58.8 cm³/mol. The Morgan fingerprint density at radius 1 is 1.38 bits per heavy atom. The van der Waals surface area contributed by atoms with Gasteiger partial charge in [-0.2, -0.15) is 0 Å². The average molecular weight is 237 g/mol. The number of hydrogen-bond donors (Lipinski definition) is 0. The van der Waals surface area contributed by atoms with Crippen LogP contribution in [0, 0.1) is 11.9 Å². The molecule has 0 aliphatic carbocycles. The van der Waals surface area contributed by atoms with Gasteiger partial charge in [-0.1, -0.05) is 29.8 Å². The normalized spacial score (nSPS) is 10.1. The van der Waals surface area contributed by atoms with Gasteiger partial charge >= 0.3 is 0 Å². The molecule has 1 aromatic carbocycles. The molecule has 0 bridgehead atoms. The van der Waals surface area contributed by atoms with Gasteiger partial charge in [0.25, 0.3) is 0 Å². The molecule has 2 nitrogen and oxygen atoms in total. The lowest BCUT2D eigenvalue weighted by molar-refractivity contribution is 0.288. The second-order valence-electron chi connectivity index (χ2n) is 3.10. The lowest BCUT2D eigenvalue weighted by Gasteiger charge is -2.05. The molecule has 0 fully saturated rings. The molecule has 0 unspecified atom stereocenters. The Kier molecular flexibility index (Phi) is 3.37. The van der Waals surface area contributed by atoms with Crippen LogP contribution in [0.2, 0.25) is 5.15 Å². The highest BCUT2D eigenvalue weighted by Gasteiger charge is 2.02. The standard InChI is InChI=1S/C12H8ClFNO/c13-11-6-3-7-12(15-11)16-8-9-4-1-2-5-10(9)14/h1,3-7H,8H2. The van der Waals surface area contributed by atoms with Crippen LogP contribution in [0.4, 0.5) is 4.39 Å². The first kappa shape index (κ1) is 10.9. The Hall–Kier alpha value is -1.61. The number of ether oxygens (including phenoxy) is 1. The van der Waals surface area contributed by atoms with E-state index in [0.29, 0.717) is 16.6 Å². The van der Waals surface area contributed by atoms with E-state index in [1.165, 1.54) is 6.07 Å². The largest absolute Gasteiger partial charge is 0.473 e. The highest BCUT2D eigenvalue weighted by atomic mass is 35.5. The minimum absolute atomic E-state index is 0.119. The van der Waals surface area contributed by atoms with Crippen molar-refractivity contribution in [2.75, 3.05) is 0 Å². The summed E-state index contributed by atoms with van der Waals surface area (Å²) in [5.74, 6) is 0.0317. The summed E-state index contributed by atoms with van der Waals surface area (Å²) in [5.41, 5.74) is 0.459. The van der Waals surface area contributed by atoms with Gasteiger partial charge in [-0.15, -0.1) is 0 Å². The van der Waals surface area contributed by atoms with E-state index in [2.05, 4.69) is 11.1 Å². The number of hydrogen-bond acceptors (Lipinski definition) is 2. The second-order valence-corrected chi connectivity index (χ2v) is 3.49. The highest BCUT2D eigenvalue weighted by molar-refractivity contribution is 6.29. The fourth-order valence-corrected chi connectivity index (χ4v) is 1.34. The van der Waals surface area contributed by atoms with Crippen molar-refractivity contribution in [2.45, 2.75) is 6.61 Å². The van der Waals surface area contributed by atoms with Gasteiger partial charge in [0.05, 0.1) is 0 Å². The molecular formula is C12H8ClFNO. The molecule has 1 heterocycles. The summed E-state index contributed by atoms with van der Waals surface area (Å²) < 4.78 is 18.5. The van der Waals surface area contributed by atoms with E-state index in [1.54, 1.807) is 30.3 Å². The fraction of sp³-hybridized carbons (Fsp3) is 0.0833. The van der Waals surface area contributed by atoms with Crippen LogP contribution < -0.4 is 4.74 Å². The van der Waals surface area contributed by atoms with Crippen molar-refractivity contribution < 1.29 is 9.13 Å². The number of pyridine rings is 1. The van der Waals surface area contributed by atoms with Crippen LogP contribution in [0.25, 0.3) is 0 Å². The Labute approximate surface area is 97.7 Å². The van der Waals surface area contributed by atoms with E-state index in [4.69, 9.17) is 16.3 Å². The van der Waals surface area contributed by atoms with Crippen molar-refractivity contribution in [3.63, 3.8) is 0 Å². The monoisotopic (exact) mass is 236 g/mol. The Bertz CT molecular complexity index is 490. The average Bonchev–Trinajstić information content (AvgIpc) is 2.28. The van der Waals surface area contributed by atoms with Crippen LogP contribution >= 0.6 is 11.6 Å². The quantitative estimate of drug-likeness (QED) is 0.764. The lowest BCUT2D eigenvalue weighted by Crippen LogP contribution is -1.99. The zero-order valence-corrected chi connectivity index (χ0v) is 9.04. The summed E-state index contributed by atoms with van der Waals surface area (Å²) >= 11 is 5.69. The van der Waals surface area contributed by atoms with E-state index in [9.17, 15) is 4.39 Å². The molecular weight excluding hydrogens is 229 g/mol. The van der Waals surface area contributed by atoms with Crippen molar-refractivity contribution in [1.82, 2.24) is 4.98 Å². The van der Waals surface area contributed by atoms with Crippen molar-refractivity contribution in [3.05, 3.63) is 59.0 Å². The number of nitrogens with zero attached hydrogens (tertiary/aromatic N) is 1. The van der Waals surface area contributed by atoms with Crippen LogP contribution in [0.5, 0.6) is 5.88 Å². The van der Waals surface area contributed by atoms with Gasteiger partial charge in [0, 0.05) is 11.6 Å². The van der Waals surface area contributed by atoms with E-state index in [0.717, 1.165) is 0 Å². The molecule has 1 aromatic heterocycles. The summed E-state index contributed by atoms with van der Waals surface area (Å²) in [7, 11) is 0. The number of halogens is 2. The summed E-state index contributed by atoms with van der Waals surface area (Å²) in [6.07, 6.45) is 0. The highest BCUT2D eigenvalue weighted by Crippen LogP contribution is 2.14. The third kappa shape index (κ3) is 2.70. The fourth-order valence-electron chi connectivity index (χ4n) is 1.18. The first-order chi connectivity index (χ1) is 7.75. The van der Waals surface area contributed by atoms with Crippen molar-refractivity contribution in [1.29, 1.82) is 0 Å². The van der Waals surface area contributed by atoms with Gasteiger partial charge in [0.15, 0.2) is 0 Å². The molecule has 81 valence electrons. The topological polar surface area (TPSA) is 22.1 Å². The minimum atomic E-state index is -0.343. The third-order valence-electron chi connectivity index (χ3n) is 1.96. The number of aromatic nitrogens is 1. The van der Waals surface area contributed by atoms with Crippen LogP contribution in [0.1, 0.15) is 5.56 Å². The van der Waals surface area contributed by atoms with E-state index >= 15 is 0 Å². The van der Waals surface area contributed by atoms with Crippen LogP contribution in [-0.4, -0.2) is 4.98 Å². The Morgan fingerprint density at radius 3 is 3.00 bits per heavy atom. The Balaban J connectivity index is 2.05. The Morgan fingerprint density at radius 2 is 2.25 bits per heavy atom. The predicted octanol–water partition coefficient (Wildman–Crippen LogP) is 3.25. The molecule has 16 heavy (non-hydrogen) atoms. The lowest BCUT2D eigenvalue weighted by atomic mass is 10.2. The summed E-state index contributed by atoms with van der Waals surface area (Å²) in [4.78, 5) is 3.93. The van der Waals surface area contributed by atoms with E-state index in [-0.39, 0.29) is 12.4 Å². The van der Waals surface area contributed by atoms with Gasteiger partial charge < -0.3 is 4.74 Å². The third-order valence-corrected chi connectivity index (χ3v) is 2.17. The molecule has 0 aliphatic rings. The van der Waals surface area contributed by atoms with Crippen LogP contribution in [0.15, 0.2) is 36.4 Å². The van der Waals surface area contributed by atoms with Crippen molar-refractivity contribution >= 4 is 11.6 Å².